The van der Waals surface area contributed by atoms with E-state index in [1.54, 1.807) is 6.07 Å². The standard InChI is InChI=1S/C25H27ClO7S.Na/c1-34(29,30)20-11-10-17(24(26)25(20)33-13-12-21-31-14-15-32-21)22(16-6-3-2-4-7-16)23-18(27)8-5-9-19(23)28;/h2-4,6-7,10-11,21-22,27H,5,8-9,12-15H2,1H3;/q;+1/p-1. The summed E-state index contributed by atoms with van der Waals surface area (Å²) in [6, 6.07) is 12.1. The second-order valence-electron chi connectivity index (χ2n) is 8.33. The van der Waals surface area contributed by atoms with Gasteiger partial charge in [0.15, 0.2) is 27.7 Å². The summed E-state index contributed by atoms with van der Waals surface area (Å²) in [6.45, 7) is 1.10. The van der Waals surface area contributed by atoms with Crippen molar-refractivity contribution in [1.82, 2.24) is 0 Å². The molecule has 0 amide bonds. The summed E-state index contributed by atoms with van der Waals surface area (Å²) >= 11 is 6.79. The van der Waals surface area contributed by atoms with E-state index in [4.69, 9.17) is 25.8 Å². The second-order valence-corrected chi connectivity index (χ2v) is 10.7. The van der Waals surface area contributed by atoms with Gasteiger partial charge in [-0.05, 0) is 35.6 Å². The van der Waals surface area contributed by atoms with Crippen molar-refractivity contribution in [2.24, 2.45) is 0 Å². The van der Waals surface area contributed by atoms with Crippen molar-refractivity contribution in [2.75, 3.05) is 26.1 Å². The Labute approximate surface area is 232 Å². The number of Topliss-reactive ketones (excluding diaryl/α,β-unsaturated/α-hetero) is 1. The van der Waals surface area contributed by atoms with E-state index in [-0.39, 0.29) is 81.8 Å². The molecule has 1 fully saturated rings. The Morgan fingerprint density at radius 2 is 1.80 bits per heavy atom. The molecule has 1 heterocycles. The summed E-state index contributed by atoms with van der Waals surface area (Å²) in [6.07, 6.45) is 2.13. The van der Waals surface area contributed by atoms with E-state index in [9.17, 15) is 18.3 Å². The molecule has 0 bridgehead atoms. The van der Waals surface area contributed by atoms with Crippen molar-refractivity contribution in [2.45, 2.75) is 42.8 Å². The van der Waals surface area contributed by atoms with Crippen LogP contribution in [0.15, 0.2) is 58.7 Å². The molecule has 182 valence electrons. The summed E-state index contributed by atoms with van der Waals surface area (Å²) in [5, 5.41) is 12.9. The van der Waals surface area contributed by atoms with E-state index >= 15 is 0 Å². The summed E-state index contributed by atoms with van der Waals surface area (Å²) in [5.41, 5.74) is 1.33. The van der Waals surface area contributed by atoms with Crippen LogP contribution < -0.4 is 39.4 Å². The number of hydrogen-bond donors (Lipinski definition) is 0. The van der Waals surface area contributed by atoms with Gasteiger partial charge in [0.2, 0.25) is 0 Å². The molecule has 2 aromatic rings. The van der Waals surface area contributed by atoms with Gasteiger partial charge in [-0.2, -0.15) is 0 Å². The van der Waals surface area contributed by atoms with Crippen LogP contribution >= 0.6 is 11.6 Å². The van der Waals surface area contributed by atoms with Crippen molar-refractivity contribution in [3.05, 3.63) is 69.9 Å². The Morgan fingerprint density at radius 3 is 2.43 bits per heavy atom. The summed E-state index contributed by atoms with van der Waals surface area (Å²) in [4.78, 5) is 12.8. The van der Waals surface area contributed by atoms with E-state index in [1.807, 2.05) is 30.3 Å². The third kappa shape index (κ3) is 6.49. The van der Waals surface area contributed by atoms with Crippen LogP contribution in [0.4, 0.5) is 0 Å². The van der Waals surface area contributed by atoms with Crippen LogP contribution in [-0.4, -0.2) is 46.6 Å². The van der Waals surface area contributed by atoms with Crippen LogP contribution in [0.3, 0.4) is 0 Å². The Hall–Kier alpha value is -1.39. The SMILES string of the molecule is CS(=O)(=O)c1ccc(C(C2=C([O-])CCCC2=O)c2ccccc2)c(Cl)c1OCCC1OCCO1.[Na+]. The van der Waals surface area contributed by atoms with Crippen LogP contribution in [0.1, 0.15) is 42.7 Å². The van der Waals surface area contributed by atoms with Crippen molar-refractivity contribution >= 4 is 27.2 Å². The van der Waals surface area contributed by atoms with Gasteiger partial charge in [-0.15, -0.1) is 5.76 Å². The molecule has 1 saturated heterocycles. The number of ketones is 1. The molecule has 0 saturated carbocycles. The Morgan fingerprint density at radius 1 is 1.11 bits per heavy atom. The topological polar surface area (TPSA) is 102 Å². The zero-order valence-electron chi connectivity index (χ0n) is 19.8. The van der Waals surface area contributed by atoms with Gasteiger partial charge >= 0.3 is 29.6 Å². The van der Waals surface area contributed by atoms with E-state index in [0.29, 0.717) is 37.2 Å². The molecule has 1 aliphatic heterocycles. The molecular formula is C25H26ClNaO7S. The maximum absolute atomic E-state index is 12.9. The van der Waals surface area contributed by atoms with Gasteiger partial charge < -0.3 is 19.3 Å². The first kappa shape index (κ1) is 28.2. The van der Waals surface area contributed by atoms with Crippen LogP contribution in [0, 0.1) is 0 Å². The maximum atomic E-state index is 12.9. The van der Waals surface area contributed by atoms with Crippen LogP contribution in [0.25, 0.3) is 0 Å². The Balaban J connectivity index is 0.00000342. The largest absolute Gasteiger partial charge is 1.00 e. The minimum Gasteiger partial charge on any atom is -0.875 e. The summed E-state index contributed by atoms with van der Waals surface area (Å²) in [5.74, 6) is -1.17. The minimum atomic E-state index is -3.67. The predicted octanol–water partition coefficient (Wildman–Crippen LogP) is 0.389. The molecule has 0 N–H and O–H groups in total. The molecule has 35 heavy (non-hydrogen) atoms. The van der Waals surface area contributed by atoms with Gasteiger partial charge in [-0.25, -0.2) is 8.42 Å². The van der Waals surface area contributed by atoms with E-state index < -0.39 is 22.0 Å². The first-order valence-electron chi connectivity index (χ1n) is 11.1. The monoisotopic (exact) mass is 528 g/mol. The third-order valence-electron chi connectivity index (χ3n) is 5.92. The quantitative estimate of drug-likeness (QED) is 0.457. The molecule has 10 heteroatoms. The van der Waals surface area contributed by atoms with Gasteiger partial charge in [0.1, 0.15) is 4.90 Å². The molecule has 0 aromatic heterocycles. The molecule has 1 aliphatic carbocycles. The van der Waals surface area contributed by atoms with Crippen molar-refractivity contribution < 1.29 is 62.1 Å². The molecule has 1 unspecified atom stereocenters. The van der Waals surface area contributed by atoms with Crippen LogP contribution in [-0.2, 0) is 24.1 Å². The first-order chi connectivity index (χ1) is 16.3. The van der Waals surface area contributed by atoms with Gasteiger partial charge in [0.25, 0.3) is 0 Å². The molecular weight excluding hydrogens is 503 g/mol. The van der Waals surface area contributed by atoms with Crippen molar-refractivity contribution in [3.8, 4) is 5.75 Å². The number of sulfone groups is 1. The molecule has 0 radical (unpaired) electrons. The number of allylic oxidation sites excluding steroid dienone is 2. The number of carbonyl (C=O) groups is 1. The number of carbonyl (C=O) groups excluding carboxylic acids is 1. The third-order valence-corrected chi connectivity index (χ3v) is 7.43. The van der Waals surface area contributed by atoms with Crippen LogP contribution in [0.5, 0.6) is 5.75 Å². The number of halogens is 1. The van der Waals surface area contributed by atoms with E-state index in [2.05, 4.69) is 0 Å². The fourth-order valence-electron chi connectivity index (χ4n) is 4.34. The molecule has 7 nitrogen and oxygen atoms in total. The van der Waals surface area contributed by atoms with Crippen molar-refractivity contribution in [1.29, 1.82) is 0 Å². The Bertz CT molecular complexity index is 1190. The number of benzene rings is 2. The zero-order chi connectivity index (χ0) is 24.3. The fourth-order valence-corrected chi connectivity index (χ4v) is 5.54. The average Bonchev–Trinajstić information content (AvgIpc) is 3.31. The Kier molecular flexibility index (Phi) is 9.85. The fraction of sp³-hybridized carbons (Fsp3) is 0.400. The summed E-state index contributed by atoms with van der Waals surface area (Å²) < 4.78 is 41.7. The normalized spacial score (nSPS) is 17.8. The number of ether oxygens (including phenoxy) is 3. The van der Waals surface area contributed by atoms with Gasteiger partial charge in [-0.3, -0.25) is 4.79 Å². The van der Waals surface area contributed by atoms with E-state index in [0.717, 1.165) is 6.26 Å². The molecule has 2 aliphatic rings. The van der Waals surface area contributed by atoms with Gasteiger partial charge in [0.05, 0.1) is 24.8 Å². The smallest absolute Gasteiger partial charge is 0.875 e. The van der Waals surface area contributed by atoms with Gasteiger partial charge in [-0.1, -0.05) is 48.0 Å². The molecule has 1 atom stereocenters. The maximum Gasteiger partial charge on any atom is 1.00 e. The van der Waals surface area contributed by atoms with Crippen molar-refractivity contribution in [3.63, 3.8) is 0 Å². The second kappa shape index (κ2) is 12.2. The zero-order valence-corrected chi connectivity index (χ0v) is 23.4. The molecule has 4 rings (SSSR count). The minimum absolute atomic E-state index is 0. The predicted molar refractivity (Wildman–Crippen MR) is 125 cm³/mol. The van der Waals surface area contributed by atoms with Gasteiger partial charge in [0, 0.05) is 25.0 Å². The number of hydrogen-bond acceptors (Lipinski definition) is 7. The average molecular weight is 529 g/mol. The molecule has 0 spiro atoms. The van der Waals surface area contributed by atoms with E-state index in [1.165, 1.54) is 6.07 Å². The summed E-state index contributed by atoms with van der Waals surface area (Å²) in [7, 11) is -3.67. The van der Waals surface area contributed by atoms with Crippen LogP contribution in [0.2, 0.25) is 5.02 Å². The number of rotatable bonds is 8. The first-order valence-corrected chi connectivity index (χ1v) is 13.4. The molecule has 2 aromatic carbocycles.